The van der Waals surface area contributed by atoms with Crippen LogP contribution >= 0.6 is 12.2 Å². The molecular weight excluding hydrogens is 444 g/mol. The minimum Gasteiger partial charge on any atom is -0.497 e. The molecule has 0 aromatic heterocycles. The number of nitrogens with one attached hydrogen (secondary N) is 1. The van der Waals surface area contributed by atoms with Crippen molar-refractivity contribution in [3.05, 3.63) is 35.9 Å². The highest BCUT2D eigenvalue weighted by Crippen LogP contribution is 2.38. The first-order valence-corrected chi connectivity index (χ1v) is 11.1. The first kappa shape index (κ1) is 24.7. The number of nitrogens with zero attached hydrogens (tertiary/aromatic N) is 1. The zero-order chi connectivity index (χ0) is 23.8. The van der Waals surface area contributed by atoms with Crippen molar-refractivity contribution < 1.29 is 28.4 Å². The van der Waals surface area contributed by atoms with E-state index in [1.807, 2.05) is 30.3 Å². The summed E-state index contributed by atoms with van der Waals surface area (Å²) in [5, 5.41) is 3.88. The minimum atomic E-state index is 0.115. The van der Waals surface area contributed by atoms with E-state index in [4.69, 9.17) is 40.6 Å². The van der Waals surface area contributed by atoms with Crippen LogP contribution < -0.4 is 29.0 Å². The average molecular weight is 477 g/mol. The van der Waals surface area contributed by atoms with Gasteiger partial charge in [0, 0.05) is 25.8 Å². The number of hydrogen-bond acceptors (Lipinski definition) is 7. The maximum atomic E-state index is 5.88. The highest BCUT2D eigenvalue weighted by molar-refractivity contribution is 7.80. The molecule has 1 heterocycles. The van der Waals surface area contributed by atoms with Crippen LogP contribution in [0.5, 0.6) is 28.7 Å². The Morgan fingerprint density at radius 3 is 2.21 bits per heavy atom. The Kier molecular flexibility index (Phi) is 8.85. The second-order valence-electron chi connectivity index (χ2n) is 7.55. The van der Waals surface area contributed by atoms with E-state index < -0.39 is 0 Å². The van der Waals surface area contributed by atoms with E-state index in [0.717, 1.165) is 30.7 Å². The molecule has 1 N–H and O–H groups in total. The molecule has 0 saturated carbocycles. The molecule has 1 aliphatic heterocycles. The van der Waals surface area contributed by atoms with E-state index >= 15 is 0 Å². The fourth-order valence-electron chi connectivity index (χ4n) is 3.80. The summed E-state index contributed by atoms with van der Waals surface area (Å²) in [6, 6.07) is 9.42. The zero-order valence-corrected chi connectivity index (χ0v) is 20.6. The lowest BCUT2D eigenvalue weighted by Gasteiger charge is -2.29. The molecule has 9 heteroatoms. The van der Waals surface area contributed by atoms with Crippen LogP contribution in [0, 0.1) is 0 Å². The van der Waals surface area contributed by atoms with Crippen molar-refractivity contribution in [1.82, 2.24) is 4.90 Å². The highest BCUT2D eigenvalue weighted by atomic mass is 32.1. The van der Waals surface area contributed by atoms with E-state index in [1.165, 1.54) is 0 Å². The summed E-state index contributed by atoms with van der Waals surface area (Å²) in [5.74, 6) is 3.09. The molecule has 1 saturated heterocycles. The Morgan fingerprint density at radius 2 is 1.67 bits per heavy atom. The molecule has 0 aliphatic carbocycles. The Bertz CT molecular complexity index is 924. The SMILES string of the molecule is COc1ccc(NC(=S)N(Cc2cc(OC)c(OC)c(OC)c2)CC2CCCO2)c(OC)c1. The van der Waals surface area contributed by atoms with Crippen molar-refractivity contribution in [2.24, 2.45) is 0 Å². The molecule has 1 fully saturated rings. The van der Waals surface area contributed by atoms with Gasteiger partial charge in [0.2, 0.25) is 5.75 Å². The Morgan fingerprint density at radius 1 is 0.970 bits per heavy atom. The lowest BCUT2D eigenvalue weighted by Crippen LogP contribution is -2.39. The van der Waals surface area contributed by atoms with E-state index in [-0.39, 0.29) is 6.10 Å². The number of anilines is 1. The van der Waals surface area contributed by atoms with Crippen LogP contribution in [0.15, 0.2) is 30.3 Å². The number of benzene rings is 2. The van der Waals surface area contributed by atoms with Gasteiger partial charge >= 0.3 is 0 Å². The highest BCUT2D eigenvalue weighted by Gasteiger charge is 2.23. The summed E-state index contributed by atoms with van der Waals surface area (Å²) in [4.78, 5) is 2.08. The van der Waals surface area contributed by atoms with Crippen LogP contribution in [0.1, 0.15) is 18.4 Å². The van der Waals surface area contributed by atoms with Crippen LogP contribution in [-0.2, 0) is 11.3 Å². The summed E-state index contributed by atoms with van der Waals surface area (Å²) in [6.45, 7) is 1.96. The van der Waals surface area contributed by atoms with E-state index in [2.05, 4.69) is 10.2 Å². The Hall–Kier alpha value is -2.91. The summed E-state index contributed by atoms with van der Waals surface area (Å²) in [5.41, 5.74) is 1.72. The van der Waals surface area contributed by atoms with Gasteiger partial charge in [0.25, 0.3) is 0 Å². The molecular formula is C24H32N2O6S. The quantitative estimate of drug-likeness (QED) is 0.510. The van der Waals surface area contributed by atoms with Gasteiger partial charge in [-0.25, -0.2) is 0 Å². The van der Waals surface area contributed by atoms with Crippen molar-refractivity contribution in [1.29, 1.82) is 0 Å². The normalized spacial score (nSPS) is 15.0. The van der Waals surface area contributed by atoms with Gasteiger partial charge in [0.1, 0.15) is 11.5 Å². The topological polar surface area (TPSA) is 70.7 Å². The van der Waals surface area contributed by atoms with E-state index in [1.54, 1.807) is 35.5 Å². The van der Waals surface area contributed by atoms with Gasteiger partial charge in [-0.15, -0.1) is 0 Å². The van der Waals surface area contributed by atoms with E-state index in [9.17, 15) is 0 Å². The minimum absolute atomic E-state index is 0.115. The van der Waals surface area contributed by atoms with Crippen molar-refractivity contribution in [2.75, 3.05) is 54.0 Å². The first-order chi connectivity index (χ1) is 16.0. The molecule has 0 spiro atoms. The molecule has 0 radical (unpaired) electrons. The molecule has 1 unspecified atom stereocenters. The summed E-state index contributed by atoms with van der Waals surface area (Å²) in [7, 11) is 8.03. The van der Waals surface area contributed by atoms with Gasteiger partial charge in [-0.05, 0) is 54.9 Å². The molecule has 1 atom stereocenters. The summed E-state index contributed by atoms with van der Waals surface area (Å²) in [6.07, 6.45) is 2.17. The molecule has 0 amide bonds. The third-order valence-electron chi connectivity index (χ3n) is 5.48. The molecule has 8 nitrogen and oxygen atoms in total. The lowest BCUT2D eigenvalue weighted by atomic mass is 10.1. The second kappa shape index (κ2) is 11.8. The predicted octanol–water partition coefficient (Wildman–Crippen LogP) is 4.11. The van der Waals surface area contributed by atoms with Crippen LogP contribution in [0.25, 0.3) is 0 Å². The zero-order valence-electron chi connectivity index (χ0n) is 19.8. The van der Waals surface area contributed by atoms with Gasteiger partial charge in [-0.2, -0.15) is 0 Å². The number of rotatable bonds is 10. The molecule has 33 heavy (non-hydrogen) atoms. The van der Waals surface area contributed by atoms with Gasteiger partial charge < -0.3 is 38.6 Å². The predicted molar refractivity (Wildman–Crippen MR) is 131 cm³/mol. The molecule has 3 rings (SSSR count). The number of ether oxygens (including phenoxy) is 6. The molecule has 2 aromatic carbocycles. The van der Waals surface area contributed by atoms with Crippen molar-refractivity contribution in [2.45, 2.75) is 25.5 Å². The molecule has 1 aliphatic rings. The Balaban J connectivity index is 1.86. The first-order valence-electron chi connectivity index (χ1n) is 10.7. The van der Waals surface area contributed by atoms with Crippen LogP contribution in [0.3, 0.4) is 0 Å². The fourth-order valence-corrected chi connectivity index (χ4v) is 4.05. The summed E-state index contributed by atoms with van der Waals surface area (Å²) < 4.78 is 33.2. The van der Waals surface area contributed by atoms with Crippen molar-refractivity contribution in [3.8, 4) is 28.7 Å². The van der Waals surface area contributed by atoms with Crippen LogP contribution in [0.4, 0.5) is 5.69 Å². The van der Waals surface area contributed by atoms with Gasteiger partial charge in [0.05, 0.1) is 47.3 Å². The smallest absolute Gasteiger partial charge is 0.203 e. The van der Waals surface area contributed by atoms with Gasteiger partial charge in [-0.1, -0.05) is 0 Å². The molecule has 0 bridgehead atoms. The molecule has 2 aromatic rings. The second-order valence-corrected chi connectivity index (χ2v) is 7.93. The fraction of sp³-hybridized carbons (Fsp3) is 0.458. The number of hydrogen-bond donors (Lipinski definition) is 1. The number of thiocarbonyl (C=S) groups is 1. The lowest BCUT2D eigenvalue weighted by molar-refractivity contribution is 0.0905. The standard InChI is InChI=1S/C24H32N2O6S/c1-27-17-8-9-19(20(13-17)28-2)25-24(33)26(15-18-7-6-10-32-18)14-16-11-21(29-3)23(31-5)22(12-16)30-4/h8-9,11-13,18H,6-7,10,14-15H2,1-5H3,(H,25,33). The van der Waals surface area contributed by atoms with Crippen LogP contribution in [-0.4, -0.2) is 64.8 Å². The summed E-state index contributed by atoms with van der Waals surface area (Å²) >= 11 is 5.82. The third-order valence-corrected chi connectivity index (χ3v) is 5.84. The Labute approximate surface area is 200 Å². The van der Waals surface area contributed by atoms with E-state index in [0.29, 0.717) is 46.9 Å². The molecule has 180 valence electrons. The average Bonchev–Trinajstić information content (AvgIpc) is 3.36. The van der Waals surface area contributed by atoms with Gasteiger partial charge in [0.15, 0.2) is 16.6 Å². The van der Waals surface area contributed by atoms with Crippen LogP contribution in [0.2, 0.25) is 0 Å². The monoisotopic (exact) mass is 476 g/mol. The maximum absolute atomic E-state index is 5.88. The van der Waals surface area contributed by atoms with Gasteiger partial charge in [-0.3, -0.25) is 0 Å². The maximum Gasteiger partial charge on any atom is 0.203 e. The third kappa shape index (κ3) is 6.11. The number of methoxy groups -OCH3 is 5. The largest absolute Gasteiger partial charge is 0.497 e. The van der Waals surface area contributed by atoms with Crippen molar-refractivity contribution in [3.63, 3.8) is 0 Å². The van der Waals surface area contributed by atoms with Crippen molar-refractivity contribution >= 4 is 23.0 Å².